The van der Waals surface area contributed by atoms with E-state index in [-0.39, 0.29) is 30.9 Å². The normalized spacial score (nSPS) is 17.2. The standard InChI is InChI=1S/C12H16BrN3.2ClH/c1-2-11(16-8-6-14-7-9-16)10-4-3-5-15-12(10)13;;/h2-5,11,14H,1,6-9H2;2*1H/t11-;;/m1../s1. The fourth-order valence-electron chi connectivity index (χ4n) is 2.05. The Hall–Kier alpha value is -0.130. The van der Waals surface area contributed by atoms with Crippen molar-refractivity contribution in [1.29, 1.82) is 0 Å². The van der Waals surface area contributed by atoms with Crippen LogP contribution < -0.4 is 5.32 Å². The lowest BCUT2D eigenvalue weighted by Crippen LogP contribution is -2.44. The molecule has 1 aliphatic heterocycles. The van der Waals surface area contributed by atoms with Crippen LogP contribution in [0.25, 0.3) is 0 Å². The Morgan fingerprint density at radius 2 is 2.06 bits per heavy atom. The van der Waals surface area contributed by atoms with Crippen LogP contribution in [0, 0.1) is 0 Å². The maximum Gasteiger partial charge on any atom is 0.111 e. The third kappa shape index (κ3) is 4.21. The molecular formula is C12H18BrCl2N3. The number of hydrogen-bond donors (Lipinski definition) is 1. The van der Waals surface area contributed by atoms with Gasteiger partial charge in [0.05, 0.1) is 6.04 Å². The van der Waals surface area contributed by atoms with Gasteiger partial charge < -0.3 is 5.32 Å². The van der Waals surface area contributed by atoms with E-state index in [0.717, 1.165) is 30.8 Å². The average Bonchev–Trinajstić information content (AvgIpc) is 2.34. The molecule has 0 radical (unpaired) electrons. The molecule has 0 saturated carbocycles. The van der Waals surface area contributed by atoms with E-state index >= 15 is 0 Å². The Bertz CT molecular complexity index is 370. The first-order valence-electron chi connectivity index (χ1n) is 5.50. The van der Waals surface area contributed by atoms with Gasteiger partial charge in [-0.3, -0.25) is 4.90 Å². The molecule has 0 amide bonds. The van der Waals surface area contributed by atoms with Crippen molar-refractivity contribution in [2.75, 3.05) is 26.2 Å². The summed E-state index contributed by atoms with van der Waals surface area (Å²) in [5.74, 6) is 0. The first kappa shape index (κ1) is 17.9. The molecule has 2 rings (SSSR count). The molecule has 1 atom stereocenters. The Morgan fingerprint density at radius 3 is 2.61 bits per heavy atom. The number of hydrogen-bond acceptors (Lipinski definition) is 3. The molecule has 2 heterocycles. The minimum Gasteiger partial charge on any atom is -0.314 e. The molecule has 6 heteroatoms. The van der Waals surface area contributed by atoms with Crippen molar-refractivity contribution in [3.05, 3.63) is 41.2 Å². The Morgan fingerprint density at radius 1 is 1.39 bits per heavy atom. The van der Waals surface area contributed by atoms with Gasteiger partial charge in [-0.2, -0.15) is 0 Å². The van der Waals surface area contributed by atoms with E-state index < -0.39 is 0 Å². The molecule has 18 heavy (non-hydrogen) atoms. The molecule has 0 unspecified atom stereocenters. The predicted octanol–water partition coefficient (Wildman–Crippen LogP) is 2.82. The van der Waals surface area contributed by atoms with Crippen LogP contribution in [0.15, 0.2) is 35.6 Å². The summed E-state index contributed by atoms with van der Waals surface area (Å²) >= 11 is 3.50. The number of piperazine rings is 1. The fourth-order valence-corrected chi connectivity index (χ4v) is 2.54. The van der Waals surface area contributed by atoms with Crippen molar-refractivity contribution < 1.29 is 0 Å². The molecular weight excluding hydrogens is 337 g/mol. The Labute approximate surface area is 129 Å². The summed E-state index contributed by atoms with van der Waals surface area (Å²) in [5.41, 5.74) is 1.19. The lowest BCUT2D eigenvalue weighted by atomic mass is 10.1. The molecule has 0 spiro atoms. The molecule has 0 bridgehead atoms. The van der Waals surface area contributed by atoms with E-state index in [9.17, 15) is 0 Å². The summed E-state index contributed by atoms with van der Waals surface area (Å²) in [6.07, 6.45) is 3.79. The highest BCUT2D eigenvalue weighted by Crippen LogP contribution is 2.27. The van der Waals surface area contributed by atoms with E-state index in [1.165, 1.54) is 5.56 Å². The van der Waals surface area contributed by atoms with Gasteiger partial charge in [0.1, 0.15) is 4.60 Å². The molecule has 1 N–H and O–H groups in total. The van der Waals surface area contributed by atoms with Gasteiger partial charge >= 0.3 is 0 Å². The first-order chi connectivity index (χ1) is 7.83. The number of nitrogens with one attached hydrogen (secondary N) is 1. The quantitative estimate of drug-likeness (QED) is 0.668. The van der Waals surface area contributed by atoms with E-state index in [4.69, 9.17) is 0 Å². The monoisotopic (exact) mass is 353 g/mol. The van der Waals surface area contributed by atoms with Crippen LogP contribution in [0.3, 0.4) is 0 Å². The predicted molar refractivity (Wildman–Crippen MR) is 83.8 cm³/mol. The number of nitrogens with zero attached hydrogens (tertiary/aromatic N) is 2. The summed E-state index contributed by atoms with van der Waals surface area (Å²) in [4.78, 5) is 6.69. The van der Waals surface area contributed by atoms with Crippen molar-refractivity contribution in [3.63, 3.8) is 0 Å². The van der Waals surface area contributed by atoms with Crippen molar-refractivity contribution in [2.24, 2.45) is 0 Å². The van der Waals surface area contributed by atoms with Crippen LogP contribution in [-0.4, -0.2) is 36.1 Å². The molecule has 1 aromatic rings. The van der Waals surface area contributed by atoms with Crippen LogP contribution in [-0.2, 0) is 0 Å². The topological polar surface area (TPSA) is 28.2 Å². The molecule has 1 aromatic heterocycles. The second-order valence-corrected chi connectivity index (χ2v) is 4.60. The molecule has 0 aromatic carbocycles. The molecule has 1 aliphatic rings. The van der Waals surface area contributed by atoms with Crippen LogP contribution in [0.2, 0.25) is 0 Å². The van der Waals surface area contributed by atoms with Gasteiger partial charge in [-0.25, -0.2) is 4.98 Å². The summed E-state index contributed by atoms with van der Waals surface area (Å²) in [6.45, 7) is 8.14. The zero-order chi connectivity index (χ0) is 11.4. The number of aromatic nitrogens is 1. The number of halogens is 3. The maximum absolute atomic E-state index is 4.27. The van der Waals surface area contributed by atoms with E-state index in [0.29, 0.717) is 0 Å². The van der Waals surface area contributed by atoms with Gasteiger partial charge in [0, 0.05) is 37.9 Å². The third-order valence-corrected chi connectivity index (χ3v) is 3.54. The Kier molecular flexibility index (Phi) is 8.82. The highest BCUT2D eigenvalue weighted by Gasteiger charge is 2.21. The minimum atomic E-state index is 0. The van der Waals surface area contributed by atoms with Gasteiger partial charge in [0.15, 0.2) is 0 Å². The zero-order valence-corrected chi connectivity index (χ0v) is 13.2. The van der Waals surface area contributed by atoms with Crippen LogP contribution >= 0.6 is 40.7 Å². The molecule has 3 nitrogen and oxygen atoms in total. The highest BCUT2D eigenvalue weighted by molar-refractivity contribution is 9.10. The lowest BCUT2D eigenvalue weighted by Gasteiger charge is -2.33. The Balaban J connectivity index is 0.00000144. The van der Waals surface area contributed by atoms with Crippen LogP contribution in [0.5, 0.6) is 0 Å². The highest BCUT2D eigenvalue weighted by atomic mass is 79.9. The third-order valence-electron chi connectivity index (χ3n) is 2.87. The van der Waals surface area contributed by atoms with E-state index in [2.05, 4.69) is 43.8 Å². The second kappa shape index (κ2) is 8.88. The van der Waals surface area contributed by atoms with Crippen molar-refractivity contribution in [1.82, 2.24) is 15.2 Å². The summed E-state index contributed by atoms with van der Waals surface area (Å²) < 4.78 is 0.915. The number of rotatable bonds is 3. The zero-order valence-electron chi connectivity index (χ0n) is 10.0. The van der Waals surface area contributed by atoms with E-state index in [1.807, 2.05) is 12.1 Å². The molecule has 102 valence electrons. The fraction of sp³-hybridized carbons (Fsp3) is 0.417. The molecule has 1 fully saturated rings. The van der Waals surface area contributed by atoms with Gasteiger partial charge in [-0.1, -0.05) is 12.1 Å². The SMILES string of the molecule is C=C[C@H](c1cccnc1Br)N1CCNCC1.Cl.Cl. The minimum absolute atomic E-state index is 0. The smallest absolute Gasteiger partial charge is 0.111 e. The van der Waals surface area contributed by atoms with E-state index in [1.54, 1.807) is 6.20 Å². The van der Waals surface area contributed by atoms with Crippen LogP contribution in [0.4, 0.5) is 0 Å². The lowest BCUT2D eigenvalue weighted by molar-refractivity contribution is 0.203. The van der Waals surface area contributed by atoms with Crippen LogP contribution in [0.1, 0.15) is 11.6 Å². The van der Waals surface area contributed by atoms with Crippen molar-refractivity contribution in [3.8, 4) is 0 Å². The molecule has 1 saturated heterocycles. The van der Waals surface area contributed by atoms with Gasteiger partial charge in [0.2, 0.25) is 0 Å². The number of pyridine rings is 1. The summed E-state index contributed by atoms with van der Waals surface area (Å²) in [6, 6.07) is 4.33. The molecule has 0 aliphatic carbocycles. The summed E-state index contributed by atoms with van der Waals surface area (Å²) in [5, 5.41) is 3.36. The summed E-state index contributed by atoms with van der Waals surface area (Å²) in [7, 11) is 0. The van der Waals surface area contributed by atoms with Gasteiger partial charge in [-0.05, 0) is 22.0 Å². The first-order valence-corrected chi connectivity index (χ1v) is 6.30. The van der Waals surface area contributed by atoms with Gasteiger partial charge in [-0.15, -0.1) is 31.4 Å². The van der Waals surface area contributed by atoms with Gasteiger partial charge in [0.25, 0.3) is 0 Å². The van der Waals surface area contributed by atoms with Crippen molar-refractivity contribution >= 4 is 40.7 Å². The second-order valence-electron chi connectivity index (χ2n) is 3.85. The largest absolute Gasteiger partial charge is 0.314 e. The maximum atomic E-state index is 4.27. The van der Waals surface area contributed by atoms with Crippen molar-refractivity contribution in [2.45, 2.75) is 6.04 Å². The average molecular weight is 355 g/mol.